The van der Waals surface area contributed by atoms with Crippen molar-refractivity contribution in [2.45, 2.75) is 38.9 Å². The highest BCUT2D eigenvalue weighted by atomic mass is 19.4. The number of aromatic hydroxyl groups is 1. The number of amides is 1. The Bertz CT molecular complexity index is 1440. The van der Waals surface area contributed by atoms with Gasteiger partial charge < -0.3 is 14.9 Å². The molecule has 0 aliphatic carbocycles. The van der Waals surface area contributed by atoms with Crippen molar-refractivity contribution in [3.8, 4) is 11.5 Å². The Kier molecular flexibility index (Phi) is 6.97. The van der Waals surface area contributed by atoms with Gasteiger partial charge in [0.1, 0.15) is 17.3 Å². The van der Waals surface area contributed by atoms with Crippen LogP contribution in [0.5, 0.6) is 11.5 Å². The van der Waals surface area contributed by atoms with Crippen LogP contribution in [-0.2, 0) is 15.8 Å². The van der Waals surface area contributed by atoms with Crippen LogP contribution < -0.4 is 9.64 Å². The predicted octanol–water partition coefficient (Wildman–Crippen LogP) is 6.48. The SMILES string of the molecule is COc1cc(C)c(/C(O)=C2\C(=O)C(=O)N(c3ccc(C(F)(F)F)cc3)C2c2cccc(O)c2)cc1C(C)C. The zero-order chi connectivity index (χ0) is 27.9. The lowest BCUT2D eigenvalue weighted by Crippen LogP contribution is -2.29. The summed E-state index contributed by atoms with van der Waals surface area (Å²) >= 11 is 0. The third kappa shape index (κ3) is 4.71. The van der Waals surface area contributed by atoms with Crippen LogP contribution in [0.3, 0.4) is 0 Å². The third-order valence-corrected chi connectivity index (χ3v) is 6.56. The Morgan fingerprint density at radius 3 is 2.24 bits per heavy atom. The Hall–Kier alpha value is -4.27. The average Bonchev–Trinajstić information content (AvgIpc) is 3.13. The molecule has 0 aromatic heterocycles. The fourth-order valence-electron chi connectivity index (χ4n) is 4.65. The van der Waals surface area contributed by atoms with Gasteiger partial charge in [-0.1, -0.05) is 26.0 Å². The zero-order valence-corrected chi connectivity index (χ0v) is 21.1. The number of hydrogen-bond donors (Lipinski definition) is 2. The number of rotatable bonds is 5. The smallest absolute Gasteiger partial charge is 0.416 e. The van der Waals surface area contributed by atoms with E-state index in [1.165, 1.54) is 25.3 Å². The molecule has 4 rings (SSSR count). The molecule has 38 heavy (non-hydrogen) atoms. The standard InChI is InChI=1S/C29H26F3NO5/c1-15(2)21-14-22(16(3)12-23(21)38-4)26(35)24-25(17-6-5-7-20(34)13-17)33(28(37)27(24)36)19-10-8-18(9-11-19)29(30,31)32/h5-15,25,34-35H,1-4H3/b26-24+. The van der Waals surface area contributed by atoms with Gasteiger partial charge >= 0.3 is 6.18 Å². The van der Waals surface area contributed by atoms with E-state index >= 15 is 0 Å². The Labute approximate surface area is 217 Å². The number of Topliss-reactive ketones (excluding diaryl/α,β-unsaturated/α-hetero) is 1. The second-order valence-corrected chi connectivity index (χ2v) is 9.37. The number of aliphatic hydroxyl groups is 1. The lowest BCUT2D eigenvalue weighted by Gasteiger charge is -2.26. The minimum atomic E-state index is -4.59. The number of phenols is 1. The number of benzene rings is 3. The Balaban J connectivity index is 1.96. The molecular formula is C29H26F3NO5. The summed E-state index contributed by atoms with van der Waals surface area (Å²) < 4.78 is 44.9. The second kappa shape index (κ2) is 9.89. The number of methoxy groups -OCH3 is 1. The molecule has 1 amide bonds. The topological polar surface area (TPSA) is 87.1 Å². The summed E-state index contributed by atoms with van der Waals surface area (Å²) in [6.07, 6.45) is -4.59. The number of aryl methyl sites for hydroxylation is 1. The molecule has 198 valence electrons. The van der Waals surface area contributed by atoms with E-state index < -0.39 is 35.2 Å². The van der Waals surface area contributed by atoms with Crippen molar-refractivity contribution in [3.05, 3.63) is 94.1 Å². The number of ether oxygens (including phenoxy) is 1. The number of phenolic OH excluding ortho intramolecular Hbond substituents is 1. The molecule has 0 bridgehead atoms. The first-order valence-electron chi connectivity index (χ1n) is 11.8. The second-order valence-electron chi connectivity index (χ2n) is 9.37. The van der Waals surface area contributed by atoms with Crippen molar-refractivity contribution in [3.63, 3.8) is 0 Å². The van der Waals surface area contributed by atoms with Gasteiger partial charge in [0.25, 0.3) is 11.7 Å². The first-order valence-corrected chi connectivity index (χ1v) is 11.8. The third-order valence-electron chi connectivity index (χ3n) is 6.56. The predicted molar refractivity (Wildman–Crippen MR) is 136 cm³/mol. The van der Waals surface area contributed by atoms with Crippen molar-refractivity contribution in [1.29, 1.82) is 0 Å². The van der Waals surface area contributed by atoms with E-state index in [0.717, 1.165) is 34.7 Å². The number of aliphatic hydroxyl groups excluding tert-OH is 1. The first kappa shape index (κ1) is 26.8. The molecule has 1 fully saturated rings. The maximum Gasteiger partial charge on any atom is 0.416 e. The minimum absolute atomic E-state index is 0.00789. The van der Waals surface area contributed by atoms with Gasteiger partial charge in [0.15, 0.2) is 0 Å². The van der Waals surface area contributed by atoms with Crippen molar-refractivity contribution in [2.24, 2.45) is 0 Å². The number of carbonyl (C=O) groups is 2. The summed E-state index contributed by atoms with van der Waals surface area (Å²) in [5.41, 5.74) is 0.822. The minimum Gasteiger partial charge on any atom is -0.508 e. The van der Waals surface area contributed by atoms with E-state index in [4.69, 9.17) is 4.74 Å². The van der Waals surface area contributed by atoms with Crippen LogP contribution in [0.2, 0.25) is 0 Å². The first-order chi connectivity index (χ1) is 17.8. The largest absolute Gasteiger partial charge is 0.508 e. The summed E-state index contributed by atoms with van der Waals surface area (Å²) in [5, 5.41) is 21.6. The molecular weight excluding hydrogens is 499 g/mol. The molecule has 1 unspecified atom stereocenters. The molecule has 3 aromatic rings. The Morgan fingerprint density at radius 2 is 1.68 bits per heavy atom. The van der Waals surface area contributed by atoms with Crippen LogP contribution in [0, 0.1) is 6.92 Å². The molecule has 3 aromatic carbocycles. The van der Waals surface area contributed by atoms with Gasteiger partial charge in [-0.3, -0.25) is 14.5 Å². The lowest BCUT2D eigenvalue weighted by atomic mass is 9.91. The quantitative estimate of drug-likeness (QED) is 0.226. The van der Waals surface area contributed by atoms with E-state index in [-0.39, 0.29) is 22.9 Å². The molecule has 2 N–H and O–H groups in total. The summed E-state index contributed by atoms with van der Waals surface area (Å²) in [7, 11) is 1.53. The van der Waals surface area contributed by atoms with Crippen LogP contribution in [-0.4, -0.2) is 29.0 Å². The molecule has 1 aliphatic heterocycles. The number of halogens is 3. The molecule has 1 heterocycles. The van der Waals surface area contributed by atoms with Gasteiger partial charge in [-0.05, 0) is 78.1 Å². The molecule has 1 saturated heterocycles. The monoisotopic (exact) mass is 525 g/mol. The fraction of sp³-hybridized carbons (Fsp3) is 0.241. The number of anilines is 1. The molecule has 6 nitrogen and oxygen atoms in total. The molecule has 9 heteroatoms. The van der Waals surface area contributed by atoms with E-state index in [1.54, 1.807) is 25.1 Å². The van der Waals surface area contributed by atoms with E-state index in [1.807, 2.05) is 13.8 Å². The van der Waals surface area contributed by atoms with Crippen LogP contribution >= 0.6 is 0 Å². The Morgan fingerprint density at radius 1 is 1.03 bits per heavy atom. The fourth-order valence-corrected chi connectivity index (χ4v) is 4.65. The van der Waals surface area contributed by atoms with E-state index in [0.29, 0.717) is 22.4 Å². The maximum absolute atomic E-state index is 13.4. The van der Waals surface area contributed by atoms with Crippen molar-refractivity contribution in [2.75, 3.05) is 12.0 Å². The summed E-state index contributed by atoms with van der Waals surface area (Å²) in [6.45, 7) is 5.59. The summed E-state index contributed by atoms with van der Waals surface area (Å²) in [5.74, 6) is -2.00. The van der Waals surface area contributed by atoms with Gasteiger partial charge in [-0.25, -0.2) is 0 Å². The molecule has 0 saturated carbocycles. The summed E-state index contributed by atoms with van der Waals surface area (Å²) in [6, 6.07) is 11.8. The highest BCUT2D eigenvalue weighted by molar-refractivity contribution is 6.51. The van der Waals surface area contributed by atoms with E-state index in [2.05, 4.69) is 0 Å². The lowest BCUT2D eigenvalue weighted by molar-refractivity contribution is -0.137. The van der Waals surface area contributed by atoms with Gasteiger partial charge in [0.05, 0.1) is 24.3 Å². The van der Waals surface area contributed by atoms with Gasteiger partial charge in [0, 0.05) is 11.3 Å². The number of alkyl halides is 3. The average molecular weight is 526 g/mol. The molecule has 0 spiro atoms. The summed E-state index contributed by atoms with van der Waals surface area (Å²) in [4.78, 5) is 27.7. The van der Waals surface area contributed by atoms with Crippen molar-refractivity contribution in [1.82, 2.24) is 0 Å². The van der Waals surface area contributed by atoms with E-state index in [9.17, 15) is 33.0 Å². The molecule has 1 aliphatic rings. The van der Waals surface area contributed by atoms with Crippen LogP contribution in [0.15, 0.2) is 66.2 Å². The van der Waals surface area contributed by atoms with Gasteiger partial charge in [-0.2, -0.15) is 13.2 Å². The zero-order valence-electron chi connectivity index (χ0n) is 21.1. The van der Waals surface area contributed by atoms with Crippen LogP contribution in [0.4, 0.5) is 18.9 Å². The molecule has 1 atom stereocenters. The maximum atomic E-state index is 13.4. The van der Waals surface area contributed by atoms with Crippen LogP contribution in [0.1, 0.15) is 53.6 Å². The highest BCUT2D eigenvalue weighted by Crippen LogP contribution is 2.44. The number of nitrogens with zero attached hydrogens (tertiary/aromatic N) is 1. The van der Waals surface area contributed by atoms with Crippen LogP contribution in [0.25, 0.3) is 5.76 Å². The van der Waals surface area contributed by atoms with Gasteiger partial charge in [-0.15, -0.1) is 0 Å². The van der Waals surface area contributed by atoms with Crippen molar-refractivity contribution >= 4 is 23.1 Å². The normalized spacial score (nSPS) is 17.4. The van der Waals surface area contributed by atoms with Gasteiger partial charge in [0.2, 0.25) is 0 Å². The number of ketones is 1. The highest BCUT2D eigenvalue weighted by Gasteiger charge is 2.47. The number of hydrogen-bond acceptors (Lipinski definition) is 5. The molecule has 0 radical (unpaired) electrons. The number of carbonyl (C=O) groups excluding carboxylic acids is 2. The van der Waals surface area contributed by atoms with Crippen molar-refractivity contribution < 1.29 is 37.7 Å².